The fourth-order valence-electron chi connectivity index (χ4n) is 3.47. The number of hydrogen-bond donors (Lipinski definition) is 1. The topological polar surface area (TPSA) is 50.4 Å². The highest BCUT2D eigenvalue weighted by molar-refractivity contribution is 5.52. The highest BCUT2D eigenvalue weighted by Crippen LogP contribution is 2.40. The van der Waals surface area contributed by atoms with Crippen LogP contribution >= 0.6 is 0 Å². The molecule has 0 radical (unpaired) electrons. The highest BCUT2D eigenvalue weighted by atomic mass is 16.3. The molecule has 0 aliphatic heterocycles. The summed E-state index contributed by atoms with van der Waals surface area (Å²) in [5.74, 6) is 1.00. The Kier molecular flexibility index (Phi) is 3.51. The van der Waals surface area contributed by atoms with Crippen molar-refractivity contribution < 1.29 is 5.11 Å². The molecule has 1 N–H and O–H groups in total. The molecule has 4 nitrogen and oxygen atoms in total. The monoisotopic (exact) mass is 259 g/mol. The van der Waals surface area contributed by atoms with Gasteiger partial charge in [0.2, 0.25) is 0 Å². The molecular formula is C15H21N3O. The minimum absolute atomic E-state index is 0.368. The number of aliphatic hydroxyl groups is 1. The van der Waals surface area contributed by atoms with Crippen LogP contribution in [0.5, 0.6) is 0 Å². The first kappa shape index (κ1) is 12.6. The second-order valence-corrected chi connectivity index (χ2v) is 5.57. The van der Waals surface area contributed by atoms with Gasteiger partial charge in [-0.3, -0.25) is 4.98 Å². The third-order valence-corrected chi connectivity index (χ3v) is 4.57. The van der Waals surface area contributed by atoms with E-state index in [1.807, 2.05) is 6.20 Å². The fourth-order valence-corrected chi connectivity index (χ4v) is 3.47. The zero-order valence-corrected chi connectivity index (χ0v) is 11.4. The quantitative estimate of drug-likeness (QED) is 0.922. The molecule has 0 bridgehead atoms. The fraction of sp³-hybridized carbons (Fsp3) is 0.600. The summed E-state index contributed by atoms with van der Waals surface area (Å²) >= 11 is 0. The number of nitrogens with zero attached hydrogens (tertiary/aromatic N) is 3. The molecule has 3 atom stereocenters. The molecule has 2 heterocycles. The van der Waals surface area contributed by atoms with Gasteiger partial charge in [0.25, 0.3) is 0 Å². The van der Waals surface area contributed by atoms with Crippen LogP contribution in [-0.4, -0.2) is 19.7 Å². The van der Waals surface area contributed by atoms with E-state index in [1.54, 1.807) is 23.1 Å². The molecule has 2 aromatic heterocycles. The maximum Gasteiger partial charge on any atom is 0.0903 e. The van der Waals surface area contributed by atoms with Crippen LogP contribution in [0.4, 0.5) is 0 Å². The third-order valence-electron chi connectivity index (χ3n) is 4.57. The van der Waals surface area contributed by atoms with E-state index in [9.17, 15) is 5.11 Å². The van der Waals surface area contributed by atoms with Crippen LogP contribution in [0.15, 0.2) is 24.8 Å². The molecule has 1 fully saturated rings. The molecule has 2 aromatic rings. The molecule has 102 valence electrons. The van der Waals surface area contributed by atoms with E-state index < -0.39 is 6.10 Å². The van der Waals surface area contributed by atoms with Crippen molar-refractivity contribution in [3.63, 3.8) is 0 Å². The SMILES string of the molecule is CCC1CCCCC1C(O)c1cnn2ccncc12. The zero-order chi connectivity index (χ0) is 13.2. The predicted molar refractivity (Wildman–Crippen MR) is 73.7 cm³/mol. The number of fused-ring (bicyclic) bond motifs is 1. The second-order valence-electron chi connectivity index (χ2n) is 5.57. The number of aromatic nitrogens is 3. The Balaban J connectivity index is 1.92. The number of hydrogen-bond acceptors (Lipinski definition) is 3. The molecule has 0 spiro atoms. The Bertz CT molecular complexity index is 551. The molecule has 0 saturated heterocycles. The lowest BCUT2D eigenvalue weighted by molar-refractivity contribution is 0.0461. The molecule has 1 aliphatic rings. The van der Waals surface area contributed by atoms with Crippen LogP contribution in [0, 0.1) is 11.8 Å². The van der Waals surface area contributed by atoms with Gasteiger partial charge < -0.3 is 5.11 Å². The van der Waals surface area contributed by atoms with E-state index in [0.29, 0.717) is 11.8 Å². The predicted octanol–water partition coefficient (Wildman–Crippen LogP) is 2.98. The summed E-state index contributed by atoms with van der Waals surface area (Å²) in [7, 11) is 0. The van der Waals surface area contributed by atoms with Gasteiger partial charge in [-0.1, -0.05) is 32.6 Å². The van der Waals surface area contributed by atoms with Crippen molar-refractivity contribution in [1.29, 1.82) is 0 Å². The van der Waals surface area contributed by atoms with Crippen molar-refractivity contribution in [3.8, 4) is 0 Å². The Hall–Kier alpha value is -1.42. The van der Waals surface area contributed by atoms with Gasteiger partial charge in [0.1, 0.15) is 0 Å². The third kappa shape index (κ3) is 2.25. The molecule has 0 amide bonds. The molecule has 4 heteroatoms. The molecular weight excluding hydrogens is 238 g/mol. The van der Waals surface area contributed by atoms with Crippen molar-refractivity contribution in [2.24, 2.45) is 11.8 Å². The first-order chi connectivity index (χ1) is 9.31. The van der Waals surface area contributed by atoms with Gasteiger partial charge >= 0.3 is 0 Å². The van der Waals surface area contributed by atoms with Gasteiger partial charge in [-0.05, 0) is 18.3 Å². The molecule has 19 heavy (non-hydrogen) atoms. The maximum absolute atomic E-state index is 10.8. The van der Waals surface area contributed by atoms with Crippen LogP contribution in [0.25, 0.3) is 5.52 Å². The van der Waals surface area contributed by atoms with E-state index >= 15 is 0 Å². The summed E-state index contributed by atoms with van der Waals surface area (Å²) in [6.45, 7) is 2.23. The Morgan fingerprint density at radius 3 is 3.05 bits per heavy atom. The largest absolute Gasteiger partial charge is 0.388 e. The summed E-state index contributed by atoms with van der Waals surface area (Å²) in [6.07, 6.45) is 12.8. The zero-order valence-electron chi connectivity index (χ0n) is 11.4. The molecule has 1 saturated carbocycles. The van der Waals surface area contributed by atoms with Gasteiger partial charge in [-0.15, -0.1) is 0 Å². The van der Waals surface area contributed by atoms with Gasteiger partial charge in [-0.25, -0.2) is 4.52 Å². The first-order valence-corrected chi connectivity index (χ1v) is 7.26. The summed E-state index contributed by atoms with van der Waals surface area (Å²) in [5.41, 5.74) is 1.86. The molecule has 0 aromatic carbocycles. The van der Waals surface area contributed by atoms with Gasteiger partial charge in [0, 0.05) is 18.0 Å². The van der Waals surface area contributed by atoms with Crippen LogP contribution in [0.2, 0.25) is 0 Å². The van der Waals surface area contributed by atoms with Crippen molar-refractivity contribution in [1.82, 2.24) is 14.6 Å². The Morgan fingerprint density at radius 2 is 2.21 bits per heavy atom. The van der Waals surface area contributed by atoms with E-state index in [-0.39, 0.29) is 0 Å². The van der Waals surface area contributed by atoms with E-state index in [0.717, 1.165) is 23.9 Å². The van der Waals surface area contributed by atoms with Gasteiger partial charge in [0.05, 0.1) is 24.0 Å². The van der Waals surface area contributed by atoms with E-state index in [2.05, 4.69) is 17.0 Å². The second kappa shape index (κ2) is 5.29. The lowest BCUT2D eigenvalue weighted by Crippen LogP contribution is -2.25. The summed E-state index contributed by atoms with van der Waals surface area (Å²) in [5, 5.41) is 15.1. The van der Waals surface area contributed by atoms with Crippen molar-refractivity contribution in [2.45, 2.75) is 45.1 Å². The van der Waals surface area contributed by atoms with Crippen molar-refractivity contribution >= 4 is 5.52 Å². The number of aliphatic hydroxyl groups excluding tert-OH is 1. The van der Waals surface area contributed by atoms with Crippen LogP contribution < -0.4 is 0 Å². The smallest absolute Gasteiger partial charge is 0.0903 e. The standard InChI is InChI=1S/C15H21N3O/c1-2-11-5-3-4-6-12(11)15(19)13-9-17-18-8-7-16-10-14(13)18/h7-12,15,19H,2-6H2,1H3. The minimum Gasteiger partial charge on any atom is -0.388 e. The lowest BCUT2D eigenvalue weighted by atomic mass is 9.73. The molecule has 3 unspecified atom stereocenters. The van der Waals surface area contributed by atoms with Crippen LogP contribution in [-0.2, 0) is 0 Å². The van der Waals surface area contributed by atoms with Gasteiger partial charge in [0.15, 0.2) is 0 Å². The van der Waals surface area contributed by atoms with E-state index in [4.69, 9.17) is 0 Å². The van der Waals surface area contributed by atoms with Crippen LogP contribution in [0.1, 0.15) is 50.7 Å². The summed E-state index contributed by atoms with van der Waals surface area (Å²) < 4.78 is 1.79. The minimum atomic E-state index is -0.410. The lowest BCUT2D eigenvalue weighted by Gasteiger charge is -2.34. The van der Waals surface area contributed by atoms with Crippen molar-refractivity contribution in [2.75, 3.05) is 0 Å². The normalized spacial score (nSPS) is 25.6. The average molecular weight is 259 g/mol. The average Bonchev–Trinajstić information content (AvgIpc) is 2.90. The van der Waals surface area contributed by atoms with Gasteiger partial charge in [-0.2, -0.15) is 5.10 Å². The Labute approximate surface area is 113 Å². The maximum atomic E-state index is 10.8. The first-order valence-electron chi connectivity index (χ1n) is 7.26. The Morgan fingerprint density at radius 1 is 1.37 bits per heavy atom. The molecule has 3 rings (SSSR count). The van der Waals surface area contributed by atoms with Crippen LogP contribution in [0.3, 0.4) is 0 Å². The number of rotatable bonds is 3. The van der Waals surface area contributed by atoms with Crippen molar-refractivity contribution in [3.05, 3.63) is 30.4 Å². The highest BCUT2D eigenvalue weighted by Gasteiger charge is 2.31. The summed E-state index contributed by atoms with van der Waals surface area (Å²) in [6, 6.07) is 0. The summed E-state index contributed by atoms with van der Waals surface area (Å²) in [4.78, 5) is 4.14. The van der Waals surface area contributed by atoms with E-state index in [1.165, 1.54) is 19.3 Å². The molecule has 1 aliphatic carbocycles.